The number of hydrogen-bond acceptors (Lipinski definition) is 7. The average molecular weight is 563 g/mol. The quantitative estimate of drug-likeness (QED) is 0.122. The summed E-state index contributed by atoms with van der Waals surface area (Å²) < 4.78 is 12.0. The molecule has 5 N–H and O–H groups in total. The van der Waals surface area contributed by atoms with Crippen molar-refractivity contribution >= 4 is 39.0 Å². The number of hydrogen-bond donors (Lipinski definition) is 4. The summed E-state index contributed by atoms with van der Waals surface area (Å²) in [5.41, 5.74) is 4.81. The molecule has 0 saturated heterocycles. The van der Waals surface area contributed by atoms with Gasteiger partial charge in [0.2, 0.25) is 11.8 Å². The maximum Gasteiger partial charge on any atom is 0.312 e. The number of urea groups is 1. The van der Waals surface area contributed by atoms with Crippen LogP contribution in [0, 0.1) is 23.2 Å². The first-order valence-corrected chi connectivity index (χ1v) is 15.0. The molecule has 216 valence electrons. The summed E-state index contributed by atoms with van der Waals surface area (Å²) in [5, 5.41) is 8.37. The number of amides is 4. The highest BCUT2D eigenvalue weighted by molar-refractivity contribution is 7.99. The summed E-state index contributed by atoms with van der Waals surface area (Å²) in [6.45, 7) is 9.21. The molecule has 3 atom stereocenters. The predicted octanol–water partition coefficient (Wildman–Crippen LogP) is 1.39. The van der Waals surface area contributed by atoms with Crippen molar-refractivity contribution in [3.8, 4) is 11.8 Å². The van der Waals surface area contributed by atoms with Crippen molar-refractivity contribution in [2.24, 2.45) is 17.1 Å². The van der Waals surface area contributed by atoms with Gasteiger partial charge in [-0.25, -0.2) is 14.8 Å². The van der Waals surface area contributed by atoms with Gasteiger partial charge in [0.05, 0.1) is 6.04 Å². The van der Waals surface area contributed by atoms with Crippen LogP contribution in [0.15, 0.2) is 17.4 Å². The fraction of sp³-hybridized carbons (Fsp3) is 0.593. The molecule has 1 aromatic rings. The van der Waals surface area contributed by atoms with Gasteiger partial charge in [-0.05, 0) is 37.0 Å². The van der Waals surface area contributed by atoms with Crippen molar-refractivity contribution in [1.29, 1.82) is 0 Å². The standard InChI is InChI=1S/C27H42N6O5S/c1-18(2)23(25(36)32-20(24(35)27(3,4)5)13-11-15-29-26(28)37)33-21(34)14-10-8-9-12-19-16-22(31-17-30-19)39(6,7)38/h16-18,20,23H,6,8,10-11,13-15H2,1-5,7H3,(H,32,36)(H,33,34)(H3,28,29,37)/t20-,23-,39?/m0/s1. The second-order valence-corrected chi connectivity index (χ2v) is 13.2. The Hall–Kier alpha value is -3.46. The van der Waals surface area contributed by atoms with E-state index in [-0.39, 0.29) is 30.6 Å². The number of carbonyl (C=O) groups excluding carboxylic acids is 4. The Morgan fingerprint density at radius 2 is 1.79 bits per heavy atom. The van der Waals surface area contributed by atoms with Crippen molar-refractivity contribution in [2.45, 2.75) is 83.8 Å². The number of nitrogens with one attached hydrogen (secondary N) is 3. The molecule has 0 fully saturated rings. The maximum absolute atomic E-state index is 13.1. The molecular formula is C27H42N6O5S. The van der Waals surface area contributed by atoms with Crippen LogP contribution in [0.25, 0.3) is 0 Å². The van der Waals surface area contributed by atoms with Crippen molar-refractivity contribution in [1.82, 2.24) is 25.9 Å². The molecule has 1 rings (SSSR count). The number of unbranched alkanes of at least 4 members (excludes halogenated alkanes) is 1. The Morgan fingerprint density at radius 3 is 2.36 bits per heavy atom. The van der Waals surface area contributed by atoms with Crippen LogP contribution in [0.4, 0.5) is 4.79 Å². The van der Waals surface area contributed by atoms with Crippen molar-refractivity contribution in [3.05, 3.63) is 18.1 Å². The van der Waals surface area contributed by atoms with E-state index in [4.69, 9.17) is 5.73 Å². The van der Waals surface area contributed by atoms with Crippen molar-refractivity contribution in [3.63, 3.8) is 0 Å². The molecule has 4 amide bonds. The molecule has 12 heteroatoms. The second kappa shape index (κ2) is 15.2. The molecule has 1 unspecified atom stereocenters. The topological polar surface area (TPSA) is 173 Å². The van der Waals surface area contributed by atoms with Crippen molar-refractivity contribution < 1.29 is 23.4 Å². The summed E-state index contributed by atoms with van der Waals surface area (Å²) in [6.07, 6.45) is 4.57. The summed E-state index contributed by atoms with van der Waals surface area (Å²) in [5.74, 6) is 8.29. The number of nitrogens with two attached hydrogens (primary N) is 1. The summed E-state index contributed by atoms with van der Waals surface area (Å²) in [6, 6.07) is -0.718. The summed E-state index contributed by atoms with van der Waals surface area (Å²) >= 11 is 0. The van der Waals surface area contributed by atoms with E-state index in [1.807, 2.05) is 13.8 Å². The van der Waals surface area contributed by atoms with Gasteiger partial charge in [0.15, 0.2) is 5.78 Å². The van der Waals surface area contributed by atoms with E-state index in [0.29, 0.717) is 36.4 Å². The van der Waals surface area contributed by atoms with Crippen LogP contribution >= 0.6 is 0 Å². The van der Waals surface area contributed by atoms with E-state index in [9.17, 15) is 23.4 Å². The SMILES string of the molecule is C=S(C)(=O)c1cc(C#CCCCC(=O)N[C@H](C(=O)N[C@@H](CCCNC(N)=O)C(=O)C(C)(C)C)C(C)C)ncn1. The average Bonchev–Trinajstić information content (AvgIpc) is 2.82. The third kappa shape index (κ3) is 12.8. The number of ketones is 1. The molecule has 1 aromatic heterocycles. The van der Waals surface area contributed by atoms with Gasteiger partial charge in [0, 0.05) is 46.6 Å². The highest BCUT2D eigenvalue weighted by Crippen LogP contribution is 2.19. The van der Waals surface area contributed by atoms with E-state index in [2.05, 4.69) is 43.6 Å². The van der Waals surface area contributed by atoms with E-state index < -0.39 is 39.0 Å². The minimum atomic E-state index is -2.47. The molecule has 1 heterocycles. The van der Waals surface area contributed by atoms with Gasteiger partial charge in [-0.1, -0.05) is 40.5 Å². The van der Waals surface area contributed by atoms with E-state index in [0.717, 1.165) is 0 Å². The van der Waals surface area contributed by atoms with Crippen LogP contribution in [0.5, 0.6) is 0 Å². The molecular weight excluding hydrogens is 520 g/mol. The molecule has 0 aliphatic heterocycles. The van der Waals surface area contributed by atoms with Crippen LogP contribution in [0.2, 0.25) is 0 Å². The number of carbonyl (C=O) groups is 4. The van der Waals surface area contributed by atoms with Gasteiger partial charge in [-0.15, -0.1) is 0 Å². The van der Waals surface area contributed by atoms with Crippen LogP contribution in [-0.2, 0) is 23.9 Å². The maximum atomic E-state index is 13.1. The normalized spacial score (nSPS) is 14.2. The van der Waals surface area contributed by atoms with Gasteiger partial charge < -0.3 is 21.7 Å². The van der Waals surface area contributed by atoms with Gasteiger partial charge in [0.1, 0.15) is 23.1 Å². The summed E-state index contributed by atoms with van der Waals surface area (Å²) in [4.78, 5) is 57.6. The van der Waals surface area contributed by atoms with Gasteiger partial charge >= 0.3 is 6.03 Å². The van der Waals surface area contributed by atoms with E-state index >= 15 is 0 Å². The first-order chi connectivity index (χ1) is 18.0. The highest BCUT2D eigenvalue weighted by Gasteiger charge is 2.33. The zero-order chi connectivity index (χ0) is 29.8. The van der Waals surface area contributed by atoms with Crippen LogP contribution in [-0.4, -0.2) is 68.6 Å². The fourth-order valence-corrected chi connectivity index (χ4v) is 4.12. The van der Waals surface area contributed by atoms with Crippen LogP contribution < -0.4 is 21.7 Å². The summed E-state index contributed by atoms with van der Waals surface area (Å²) in [7, 11) is -2.47. The van der Waals surface area contributed by atoms with E-state index in [1.54, 1.807) is 20.8 Å². The molecule has 39 heavy (non-hydrogen) atoms. The number of aromatic nitrogens is 2. The molecule has 0 aliphatic rings. The molecule has 0 bridgehead atoms. The zero-order valence-corrected chi connectivity index (χ0v) is 24.6. The molecule has 0 radical (unpaired) electrons. The number of Topliss-reactive ketones (excluding diaryl/α,β-unsaturated/α-hetero) is 1. The Labute approximate surface area is 231 Å². The fourth-order valence-electron chi connectivity index (χ4n) is 3.49. The zero-order valence-electron chi connectivity index (χ0n) is 23.8. The monoisotopic (exact) mass is 562 g/mol. The predicted molar refractivity (Wildman–Crippen MR) is 152 cm³/mol. The number of nitrogens with zero attached hydrogens (tertiary/aromatic N) is 2. The van der Waals surface area contributed by atoms with E-state index in [1.165, 1.54) is 18.6 Å². The van der Waals surface area contributed by atoms with Gasteiger partial charge in [0.25, 0.3) is 0 Å². The van der Waals surface area contributed by atoms with Crippen LogP contribution in [0.3, 0.4) is 0 Å². The Bertz CT molecular complexity index is 1190. The highest BCUT2D eigenvalue weighted by atomic mass is 32.2. The minimum absolute atomic E-state index is 0.144. The Morgan fingerprint density at radius 1 is 1.13 bits per heavy atom. The lowest BCUT2D eigenvalue weighted by Gasteiger charge is -2.28. The molecule has 0 aromatic carbocycles. The lowest BCUT2D eigenvalue weighted by Crippen LogP contribution is -2.55. The lowest BCUT2D eigenvalue weighted by molar-refractivity contribution is -0.135. The lowest BCUT2D eigenvalue weighted by atomic mass is 9.84. The third-order valence-electron chi connectivity index (χ3n) is 5.61. The molecule has 0 aliphatic carbocycles. The molecule has 11 nitrogen and oxygen atoms in total. The Kier molecular flexibility index (Phi) is 13.1. The van der Waals surface area contributed by atoms with Gasteiger partial charge in [-0.3, -0.25) is 18.6 Å². The molecule has 0 saturated carbocycles. The number of primary amides is 1. The third-order valence-corrected chi connectivity index (χ3v) is 6.72. The molecule has 0 spiro atoms. The smallest absolute Gasteiger partial charge is 0.312 e. The van der Waals surface area contributed by atoms with Crippen molar-refractivity contribution in [2.75, 3.05) is 12.8 Å². The number of rotatable bonds is 13. The first kappa shape index (κ1) is 33.6. The Balaban J connectivity index is 2.73. The largest absolute Gasteiger partial charge is 0.352 e. The minimum Gasteiger partial charge on any atom is -0.352 e. The van der Waals surface area contributed by atoms with Gasteiger partial charge in [-0.2, -0.15) is 0 Å². The first-order valence-electron chi connectivity index (χ1n) is 12.8. The second-order valence-electron chi connectivity index (χ2n) is 10.8. The van der Waals surface area contributed by atoms with Crippen LogP contribution in [0.1, 0.15) is 72.4 Å².